The highest BCUT2D eigenvalue weighted by Gasteiger charge is 2.08. The average Bonchev–Trinajstić information content (AvgIpc) is 2.53. The quantitative estimate of drug-likeness (QED) is 0.702. The van der Waals surface area contributed by atoms with Crippen LogP contribution in [0.5, 0.6) is 0 Å². The van der Waals surface area contributed by atoms with Crippen LogP contribution in [0.2, 0.25) is 0 Å². The Bertz CT molecular complexity index is 280. The van der Waals surface area contributed by atoms with Crippen LogP contribution >= 0.6 is 0 Å². The third kappa shape index (κ3) is 2.50. The van der Waals surface area contributed by atoms with Gasteiger partial charge < -0.3 is 9.94 Å². The fourth-order valence-electron chi connectivity index (χ4n) is 0.951. The number of aromatic carboxylic acids is 1. The first-order chi connectivity index (χ1) is 6.25. The normalized spacial score (nSPS) is 9.92. The van der Waals surface area contributed by atoms with Crippen molar-refractivity contribution in [3.63, 3.8) is 0 Å². The lowest BCUT2D eigenvalue weighted by atomic mass is 10.4. The van der Waals surface area contributed by atoms with Crippen LogP contribution in [-0.4, -0.2) is 22.4 Å². The van der Waals surface area contributed by atoms with Gasteiger partial charge in [0.25, 0.3) is 0 Å². The molecule has 0 aliphatic carbocycles. The number of unbranched alkanes of at least 4 members (excludes halogenated alkanes) is 1. The van der Waals surface area contributed by atoms with Crippen LogP contribution in [0.4, 0.5) is 0 Å². The van der Waals surface area contributed by atoms with Crippen LogP contribution in [0.3, 0.4) is 0 Å². The molecule has 72 valence electrons. The van der Waals surface area contributed by atoms with Gasteiger partial charge in [-0.2, -0.15) is 4.73 Å². The van der Waals surface area contributed by atoms with E-state index < -0.39 is 5.97 Å². The van der Waals surface area contributed by atoms with Gasteiger partial charge in [0.05, 0.1) is 0 Å². The maximum absolute atomic E-state index is 10.6. The molecule has 1 aromatic rings. The minimum absolute atomic E-state index is 0.163. The van der Waals surface area contributed by atoms with Crippen LogP contribution in [0.15, 0.2) is 18.3 Å². The summed E-state index contributed by atoms with van der Waals surface area (Å²) in [7, 11) is 0. The maximum atomic E-state index is 10.6. The zero-order valence-corrected chi connectivity index (χ0v) is 7.56. The van der Waals surface area contributed by atoms with Gasteiger partial charge in [-0.3, -0.25) is 0 Å². The van der Waals surface area contributed by atoms with Crippen molar-refractivity contribution in [2.75, 3.05) is 6.61 Å². The molecular formula is C9H13NO3. The Kier molecular flexibility index (Phi) is 3.37. The van der Waals surface area contributed by atoms with Crippen LogP contribution in [0.25, 0.3) is 0 Å². The second-order valence-corrected chi connectivity index (χ2v) is 2.71. The molecule has 1 aromatic heterocycles. The number of carboxylic acid groups (broad SMARTS) is 1. The smallest absolute Gasteiger partial charge is 0.355 e. The topological polar surface area (TPSA) is 51.5 Å². The van der Waals surface area contributed by atoms with Gasteiger partial charge >= 0.3 is 5.97 Å². The molecule has 0 unspecified atom stereocenters. The summed E-state index contributed by atoms with van der Waals surface area (Å²) in [6.45, 7) is 2.60. The van der Waals surface area contributed by atoms with Gasteiger partial charge in [0.15, 0.2) is 5.69 Å². The molecule has 0 aliphatic heterocycles. The van der Waals surface area contributed by atoms with E-state index >= 15 is 0 Å². The second kappa shape index (κ2) is 4.54. The summed E-state index contributed by atoms with van der Waals surface area (Å²) >= 11 is 0. The molecule has 1 N–H and O–H groups in total. The Hall–Kier alpha value is -1.45. The van der Waals surface area contributed by atoms with E-state index in [0.29, 0.717) is 6.61 Å². The molecule has 0 spiro atoms. The predicted octanol–water partition coefficient (Wildman–Crippen LogP) is 1.42. The molecule has 0 radical (unpaired) electrons. The van der Waals surface area contributed by atoms with E-state index in [0.717, 1.165) is 12.8 Å². The summed E-state index contributed by atoms with van der Waals surface area (Å²) in [5.74, 6) is -0.971. The first-order valence-electron chi connectivity index (χ1n) is 4.29. The van der Waals surface area contributed by atoms with Gasteiger partial charge in [-0.25, -0.2) is 4.79 Å². The van der Waals surface area contributed by atoms with Crippen molar-refractivity contribution in [1.82, 2.24) is 4.73 Å². The SMILES string of the molecule is CCCCOn1cccc1C(=O)O. The summed E-state index contributed by atoms with van der Waals surface area (Å²) < 4.78 is 1.29. The Morgan fingerprint density at radius 3 is 3.08 bits per heavy atom. The van der Waals surface area contributed by atoms with Gasteiger partial charge in [0, 0.05) is 6.20 Å². The van der Waals surface area contributed by atoms with Gasteiger partial charge in [0.2, 0.25) is 0 Å². The first kappa shape index (κ1) is 9.64. The molecule has 0 saturated carbocycles. The van der Waals surface area contributed by atoms with Crippen molar-refractivity contribution < 1.29 is 14.7 Å². The van der Waals surface area contributed by atoms with Crippen LogP contribution < -0.4 is 4.84 Å². The average molecular weight is 183 g/mol. The number of rotatable bonds is 5. The summed E-state index contributed by atoms with van der Waals surface area (Å²) in [6.07, 6.45) is 3.56. The van der Waals surface area contributed by atoms with Gasteiger partial charge in [-0.05, 0) is 18.6 Å². The largest absolute Gasteiger partial charge is 0.476 e. The molecule has 0 atom stereocenters. The lowest BCUT2D eigenvalue weighted by molar-refractivity contribution is 0.0591. The molecule has 4 heteroatoms. The number of carbonyl (C=O) groups is 1. The molecule has 0 aromatic carbocycles. The summed E-state index contributed by atoms with van der Waals surface area (Å²) in [6, 6.07) is 3.16. The van der Waals surface area contributed by atoms with Gasteiger partial charge in [0.1, 0.15) is 6.61 Å². The minimum Gasteiger partial charge on any atom is -0.476 e. The molecule has 0 bridgehead atoms. The van der Waals surface area contributed by atoms with E-state index in [-0.39, 0.29) is 5.69 Å². The van der Waals surface area contributed by atoms with Gasteiger partial charge in [-0.15, -0.1) is 0 Å². The van der Waals surface area contributed by atoms with Crippen LogP contribution in [-0.2, 0) is 0 Å². The van der Waals surface area contributed by atoms with E-state index in [4.69, 9.17) is 9.94 Å². The summed E-state index contributed by atoms with van der Waals surface area (Å²) in [5, 5.41) is 8.71. The summed E-state index contributed by atoms with van der Waals surface area (Å²) in [5.41, 5.74) is 0.163. The van der Waals surface area contributed by atoms with Crippen molar-refractivity contribution in [3.05, 3.63) is 24.0 Å². The minimum atomic E-state index is -0.971. The van der Waals surface area contributed by atoms with Crippen molar-refractivity contribution in [1.29, 1.82) is 0 Å². The van der Waals surface area contributed by atoms with Crippen molar-refractivity contribution in [3.8, 4) is 0 Å². The van der Waals surface area contributed by atoms with E-state index in [1.54, 1.807) is 12.3 Å². The van der Waals surface area contributed by atoms with Crippen molar-refractivity contribution >= 4 is 5.97 Å². The predicted molar refractivity (Wildman–Crippen MR) is 47.7 cm³/mol. The molecule has 1 heterocycles. The van der Waals surface area contributed by atoms with Crippen LogP contribution in [0, 0.1) is 0 Å². The Morgan fingerprint density at radius 2 is 2.46 bits per heavy atom. The molecule has 4 nitrogen and oxygen atoms in total. The number of carboxylic acids is 1. The lowest BCUT2D eigenvalue weighted by Gasteiger charge is -2.07. The van der Waals surface area contributed by atoms with Crippen LogP contribution in [0.1, 0.15) is 30.3 Å². The summed E-state index contributed by atoms with van der Waals surface area (Å²) in [4.78, 5) is 15.8. The zero-order valence-electron chi connectivity index (χ0n) is 7.56. The molecule has 0 aliphatic rings. The second-order valence-electron chi connectivity index (χ2n) is 2.71. The van der Waals surface area contributed by atoms with E-state index in [9.17, 15) is 4.79 Å². The van der Waals surface area contributed by atoms with E-state index in [1.807, 2.05) is 0 Å². The van der Waals surface area contributed by atoms with E-state index in [1.165, 1.54) is 10.8 Å². The lowest BCUT2D eigenvalue weighted by Crippen LogP contribution is -2.17. The Balaban J connectivity index is 2.55. The standard InChI is InChI=1S/C9H13NO3/c1-2-3-7-13-10-6-4-5-8(10)9(11)12/h4-6H,2-3,7H2,1H3,(H,11,12). The third-order valence-electron chi connectivity index (χ3n) is 1.66. The molecule has 0 amide bonds. The van der Waals surface area contributed by atoms with Crippen molar-refractivity contribution in [2.24, 2.45) is 0 Å². The highest BCUT2D eigenvalue weighted by atomic mass is 16.7. The van der Waals surface area contributed by atoms with Crippen molar-refractivity contribution in [2.45, 2.75) is 19.8 Å². The highest BCUT2D eigenvalue weighted by molar-refractivity contribution is 5.85. The number of hydrogen-bond donors (Lipinski definition) is 1. The Morgan fingerprint density at radius 1 is 1.69 bits per heavy atom. The third-order valence-corrected chi connectivity index (χ3v) is 1.66. The Labute approximate surface area is 76.7 Å². The number of hydrogen-bond acceptors (Lipinski definition) is 2. The fraction of sp³-hybridized carbons (Fsp3) is 0.444. The highest BCUT2D eigenvalue weighted by Crippen LogP contribution is 2.00. The fourth-order valence-corrected chi connectivity index (χ4v) is 0.951. The number of nitrogens with zero attached hydrogens (tertiary/aromatic N) is 1. The monoisotopic (exact) mass is 183 g/mol. The maximum Gasteiger partial charge on any atom is 0.355 e. The van der Waals surface area contributed by atoms with E-state index in [2.05, 4.69) is 6.92 Å². The molecule has 0 saturated heterocycles. The zero-order chi connectivity index (χ0) is 9.68. The first-order valence-corrected chi connectivity index (χ1v) is 4.29. The molecular weight excluding hydrogens is 170 g/mol. The van der Waals surface area contributed by atoms with Gasteiger partial charge in [-0.1, -0.05) is 13.3 Å². The molecule has 0 fully saturated rings. The molecule has 1 rings (SSSR count). The number of aromatic nitrogens is 1. The molecule has 13 heavy (non-hydrogen) atoms.